The Morgan fingerprint density at radius 1 is 1.07 bits per heavy atom. The highest BCUT2D eigenvalue weighted by atomic mass is 16.5. The van der Waals surface area contributed by atoms with Crippen LogP contribution in [0.1, 0.15) is 44.6 Å². The van der Waals surface area contributed by atoms with Crippen LogP contribution in [0.25, 0.3) is 0 Å². The lowest BCUT2D eigenvalue weighted by atomic mass is 10.1. The van der Waals surface area contributed by atoms with E-state index in [9.17, 15) is 9.59 Å². The van der Waals surface area contributed by atoms with Gasteiger partial charge >= 0.3 is 0 Å². The molecule has 0 spiro atoms. The average molecular weight is 373 g/mol. The van der Waals surface area contributed by atoms with Crippen molar-refractivity contribution < 1.29 is 14.3 Å². The molecular weight excluding hydrogens is 342 g/mol. The van der Waals surface area contributed by atoms with Crippen LogP contribution in [0.3, 0.4) is 0 Å². The molecule has 1 heterocycles. The van der Waals surface area contributed by atoms with Crippen LogP contribution in [0, 0.1) is 5.92 Å². The molecule has 2 atom stereocenters. The van der Waals surface area contributed by atoms with Gasteiger partial charge < -0.3 is 15.4 Å². The molecule has 2 N–H and O–H groups in total. The van der Waals surface area contributed by atoms with Crippen molar-refractivity contribution in [1.82, 2.24) is 15.5 Å². The molecule has 2 aliphatic rings. The second-order valence-electron chi connectivity index (χ2n) is 7.79. The lowest BCUT2D eigenvalue weighted by Crippen LogP contribution is -2.45. The Labute approximate surface area is 161 Å². The van der Waals surface area contributed by atoms with E-state index in [4.69, 9.17) is 4.74 Å². The van der Waals surface area contributed by atoms with Gasteiger partial charge in [-0.05, 0) is 49.3 Å². The van der Waals surface area contributed by atoms with Gasteiger partial charge in [0.05, 0.1) is 7.11 Å². The number of hydrogen-bond acceptors (Lipinski definition) is 4. The van der Waals surface area contributed by atoms with Gasteiger partial charge in [0.2, 0.25) is 11.8 Å². The monoisotopic (exact) mass is 373 g/mol. The van der Waals surface area contributed by atoms with Crippen molar-refractivity contribution >= 4 is 11.8 Å². The van der Waals surface area contributed by atoms with Crippen LogP contribution in [0.4, 0.5) is 0 Å². The number of methoxy groups -OCH3 is 1. The first kappa shape index (κ1) is 19.7. The topological polar surface area (TPSA) is 70.7 Å². The Morgan fingerprint density at radius 3 is 2.41 bits per heavy atom. The molecule has 6 nitrogen and oxygen atoms in total. The smallest absolute Gasteiger partial charge is 0.221 e. The lowest BCUT2D eigenvalue weighted by molar-refractivity contribution is -0.122. The van der Waals surface area contributed by atoms with E-state index >= 15 is 0 Å². The molecule has 6 heteroatoms. The van der Waals surface area contributed by atoms with Gasteiger partial charge in [-0.15, -0.1) is 0 Å². The summed E-state index contributed by atoms with van der Waals surface area (Å²) >= 11 is 0. The number of nitrogens with one attached hydrogen (secondary N) is 2. The molecule has 0 bridgehead atoms. The number of carbonyl (C=O) groups excluding carboxylic acids is 2. The highest BCUT2D eigenvalue weighted by Crippen LogP contribution is 2.35. The summed E-state index contributed by atoms with van der Waals surface area (Å²) in [7, 11) is 1.64. The van der Waals surface area contributed by atoms with Crippen LogP contribution in [-0.4, -0.2) is 49.0 Å². The number of carbonyl (C=O) groups is 2. The van der Waals surface area contributed by atoms with Gasteiger partial charge in [-0.2, -0.15) is 0 Å². The zero-order chi connectivity index (χ0) is 19.2. The van der Waals surface area contributed by atoms with Gasteiger partial charge in [-0.1, -0.05) is 12.1 Å². The predicted octanol–water partition coefficient (Wildman–Crippen LogP) is 2.08. The van der Waals surface area contributed by atoms with E-state index < -0.39 is 0 Å². The average Bonchev–Trinajstić information content (AvgIpc) is 3.41. The molecule has 1 aliphatic heterocycles. The molecule has 0 aromatic heterocycles. The quantitative estimate of drug-likeness (QED) is 0.695. The number of likely N-dealkylation sites (tertiary alicyclic amines) is 1. The molecule has 2 fully saturated rings. The van der Waals surface area contributed by atoms with Crippen molar-refractivity contribution in [3.05, 3.63) is 29.8 Å². The van der Waals surface area contributed by atoms with Crippen LogP contribution in [0.2, 0.25) is 0 Å². The number of benzene rings is 1. The first-order valence-corrected chi connectivity index (χ1v) is 9.95. The predicted molar refractivity (Wildman–Crippen MR) is 104 cm³/mol. The third-order valence-electron chi connectivity index (χ3n) is 5.59. The fraction of sp³-hybridized carbons (Fsp3) is 0.619. The standard InChI is InChI=1S/C21H31N3O3/c1-15(25)22-13-19-8-7-18(24(19)14-17-3-4-17)11-21(26)23-12-16-5-9-20(27-2)10-6-16/h5-6,9-10,17-19H,3-4,7-8,11-14H2,1-2H3,(H,22,25)(H,23,26)/t18-,19+/m0/s1. The van der Waals surface area contributed by atoms with Crippen molar-refractivity contribution in [3.8, 4) is 5.75 Å². The summed E-state index contributed by atoms with van der Waals surface area (Å²) in [6.07, 6.45) is 5.18. The maximum absolute atomic E-state index is 12.5. The van der Waals surface area contributed by atoms with Crippen LogP contribution in [0.5, 0.6) is 5.75 Å². The third-order valence-corrected chi connectivity index (χ3v) is 5.59. The van der Waals surface area contributed by atoms with Gasteiger partial charge in [0.25, 0.3) is 0 Å². The summed E-state index contributed by atoms with van der Waals surface area (Å²) < 4.78 is 5.16. The molecule has 27 heavy (non-hydrogen) atoms. The first-order valence-electron chi connectivity index (χ1n) is 9.95. The molecule has 2 amide bonds. The van der Waals surface area contributed by atoms with Crippen LogP contribution < -0.4 is 15.4 Å². The Bertz CT molecular complexity index is 643. The molecule has 148 valence electrons. The zero-order valence-corrected chi connectivity index (χ0v) is 16.4. The number of hydrogen-bond donors (Lipinski definition) is 2. The largest absolute Gasteiger partial charge is 0.497 e. The molecule has 1 saturated heterocycles. The Kier molecular flexibility index (Phi) is 6.72. The number of ether oxygens (including phenoxy) is 1. The van der Waals surface area contributed by atoms with Gasteiger partial charge in [0.15, 0.2) is 0 Å². The first-order chi connectivity index (χ1) is 13.0. The molecule has 0 unspecified atom stereocenters. The third kappa shape index (κ3) is 5.96. The van der Waals surface area contributed by atoms with Crippen LogP contribution in [0.15, 0.2) is 24.3 Å². The summed E-state index contributed by atoms with van der Waals surface area (Å²) in [5.74, 6) is 1.70. The number of amides is 2. The fourth-order valence-corrected chi connectivity index (χ4v) is 3.84. The molecule has 1 saturated carbocycles. The molecule has 1 aromatic carbocycles. The van der Waals surface area contributed by atoms with Crippen molar-refractivity contribution in [2.45, 2.75) is 57.7 Å². The maximum atomic E-state index is 12.5. The Morgan fingerprint density at radius 2 is 1.78 bits per heavy atom. The minimum absolute atomic E-state index is 0.0158. The van der Waals surface area contributed by atoms with Gasteiger partial charge in [0, 0.05) is 45.1 Å². The van der Waals surface area contributed by atoms with Crippen LogP contribution >= 0.6 is 0 Å². The van der Waals surface area contributed by atoms with E-state index in [-0.39, 0.29) is 17.9 Å². The Hall–Kier alpha value is -2.08. The molecule has 1 aromatic rings. The van der Waals surface area contributed by atoms with Crippen LogP contribution in [-0.2, 0) is 16.1 Å². The molecule has 1 aliphatic carbocycles. The van der Waals surface area contributed by atoms with Gasteiger partial charge in [-0.3, -0.25) is 14.5 Å². The minimum Gasteiger partial charge on any atom is -0.497 e. The Balaban J connectivity index is 1.49. The van der Waals surface area contributed by atoms with E-state index in [1.165, 1.54) is 12.8 Å². The molecule has 3 rings (SSSR count). The summed E-state index contributed by atoms with van der Waals surface area (Å²) in [6, 6.07) is 8.38. The minimum atomic E-state index is 0.0158. The van der Waals surface area contributed by atoms with Gasteiger partial charge in [0.1, 0.15) is 5.75 Å². The van der Waals surface area contributed by atoms with Crippen molar-refractivity contribution in [2.24, 2.45) is 5.92 Å². The summed E-state index contributed by atoms with van der Waals surface area (Å²) in [5.41, 5.74) is 1.06. The zero-order valence-electron chi connectivity index (χ0n) is 16.4. The van der Waals surface area contributed by atoms with Gasteiger partial charge in [-0.25, -0.2) is 0 Å². The molecular formula is C21H31N3O3. The summed E-state index contributed by atoms with van der Waals surface area (Å²) in [4.78, 5) is 26.2. The maximum Gasteiger partial charge on any atom is 0.221 e. The second-order valence-corrected chi connectivity index (χ2v) is 7.79. The van der Waals surface area contributed by atoms with E-state index in [0.29, 0.717) is 25.6 Å². The fourth-order valence-electron chi connectivity index (χ4n) is 3.84. The van der Waals surface area contributed by atoms with E-state index in [1.807, 2.05) is 24.3 Å². The highest BCUT2D eigenvalue weighted by Gasteiger charge is 2.37. The van der Waals surface area contributed by atoms with Crippen molar-refractivity contribution in [1.29, 1.82) is 0 Å². The van der Waals surface area contributed by atoms with E-state index in [0.717, 1.165) is 36.6 Å². The molecule has 0 radical (unpaired) electrons. The van der Waals surface area contributed by atoms with Crippen molar-refractivity contribution in [2.75, 3.05) is 20.2 Å². The summed E-state index contributed by atoms with van der Waals surface area (Å²) in [6.45, 7) is 3.84. The summed E-state index contributed by atoms with van der Waals surface area (Å²) in [5, 5.41) is 5.99. The highest BCUT2D eigenvalue weighted by molar-refractivity contribution is 5.76. The number of rotatable bonds is 9. The SMILES string of the molecule is COc1ccc(CNC(=O)C[C@@H]2CC[C@H](CNC(C)=O)N2CC2CC2)cc1. The normalized spacial score (nSPS) is 22.4. The van der Waals surface area contributed by atoms with Crippen molar-refractivity contribution in [3.63, 3.8) is 0 Å². The number of nitrogens with zero attached hydrogens (tertiary/aromatic N) is 1. The van der Waals surface area contributed by atoms with E-state index in [1.54, 1.807) is 14.0 Å². The second kappa shape index (κ2) is 9.22. The lowest BCUT2D eigenvalue weighted by Gasteiger charge is -2.30. The van der Waals surface area contributed by atoms with E-state index in [2.05, 4.69) is 15.5 Å².